The number of hydrogen-bond acceptors (Lipinski definition) is 4. The molecule has 0 aliphatic heterocycles. The molecule has 96 valence electrons. The summed E-state index contributed by atoms with van der Waals surface area (Å²) >= 11 is 1.84. The van der Waals surface area contributed by atoms with Gasteiger partial charge in [-0.2, -0.15) is 0 Å². The average Bonchev–Trinajstić information content (AvgIpc) is 3.05. The van der Waals surface area contributed by atoms with E-state index in [1.807, 2.05) is 17.4 Å². The highest BCUT2D eigenvalue weighted by Gasteiger charge is 2.22. The van der Waals surface area contributed by atoms with Crippen LogP contribution >= 0.6 is 11.3 Å². The highest BCUT2D eigenvalue weighted by atomic mass is 32.1. The molecule has 2 atom stereocenters. The van der Waals surface area contributed by atoms with Gasteiger partial charge in [0, 0.05) is 17.5 Å². The van der Waals surface area contributed by atoms with E-state index in [0.29, 0.717) is 18.3 Å². The summed E-state index contributed by atoms with van der Waals surface area (Å²) in [6.07, 6.45) is 4.60. The second-order valence-corrected chi connectivity index (χ2v) is 5.68. The summed E-state index contributed by atoms with van der Waals surface area (Å²) in [5.74, 6) is 0.629. The first-order valence-corrected chi connectivity index (χ1v) is 7.23. The standard InChI is InChI=1S/C14H17NO2S/c16-12(13-4-2-7-17-13)9-15-11-3-1-5-14-10(11)6-8-18-14/h2,4,6-8,11-12,15-16H,1,3,5,9H2. The highest BCUT2D eigenvalue weighted by molar-refractivity contribution is 7.10. The van der Waals surface area contributed by atoms with Gasteiger partial charge in [-0.3, -0.25) is 0 Å². The molecule has 2 unspecified atom stereocenters. The Morgan fingerprint density at radius 2 is 2.44 bits per heavy atom. The minimum Gasteiger partial charge on any atom is -0.467 e. The summed E-state index contributed by atoms with van der Waals surface area (Å²) in [6, 6.07) is 6.19. The van der Waals surface area contributed by atoms with Crippen LogP contribution in [0.2, 0.25) is 0 Å². The quantitative estimate of drug-likeness (QED) is 0.891. The van der Waals surface area contributed by atoms with Crippen LogP contribution in [-0.2, 0) is 6.42 Å². The normalized spacial score (nSPS) is 20.6. The Hall–Kier alpha value is -1.10. The van der Waals surface area contributed by atoms with Crippen molar-refractivity contribution in [2.45, 2.75) is 31.4 Å². The Kier molecular flexibility index (Phi) is 3.50. The van der Waals surface area contributed by atoms with E-state index in [1.54, 1.807) is 12.3 Å². The SMILES string of the molecule is OC(CNC1CCCc2sccc21)c1ccco1. The second-order valence-electron chi connectivity index (χ2n) is 4.68. The van der Waals surface area contributed by atoms with E-state index in [9.17, 15) is 5.11 Å². The van der Waals surface area contributed by atoms with Crippen LogP contribution < -0.4 is 5.32 Å². The third-order valence-corrected chi connectivity index (χ3v) is 4.48. The van der Waals surface area contributed by atoms with Crippen molar-refractivity contribution < 1.29 is 9.52 Å². The highest BCUT2D eigenvalue weighted by Crippen LogP contribution is 2.33. The molecule has 18 heavy (non-hydrogen) atoms. The second kappa shape index (κ2) is 5.26. The molecule has 3 rings (SSSR count). The summed E-state index contributed by atoms with van der Waals surface area (Å²) < 4.78 is 5.20. The van der Waals surface area contributed by atoms with Gasteiger partial charge in [0.1, 0.15) is 11.9 Å². The van der Waals surface area contributed by atoms with Crippen molar-refractivity contribution in [1.82, 2.24) is 5.32 Å². The molecule has 0 amide bonds. The Morgan fingerprint density at radius 3 is 3.28 bits per heavy atom. The summed E-state index contributed by atoms with van der Waals surface area (Å²) in [5, 5.41) is 15.6. The molecule has 4 heteroatoms. The number of nitrogens with one attached hydrogen (secondary N) is 1. The topological polar surface area (TPSA) is 45.4 Å². The van der Waals surface area contributed by atoms with Gasteiger partial charge in [0.05, 0.1) is 6.26 Å². The van der Waals surface area contributed by atoms with Crippen LogP contribution in [0.1, 0.15) is 41.2 Å². The molecular formula is C14H17NO2S. The Bertz CT molecular complexity index is 492. The van der Waals surface area contributed by atoms with Crippen molar-refractivity contribution in [3.05, 3.63) is 46.0 Å². The predicted molar refractivity (Wildman–Crippen MR) is 71.7 cm³/mol. The molecule has 2 aromatic heterocycles. The van der Waals surface area contributed by atoms with Gasteiger partial charge in [0.25, 0.3) is 0 Å². The van der Waals surface area contributed by atoms with E-state index in [0.717, 1.165) is 6.42 Å². The van der Waals surface area contributed by atoms with Crippen LogP contribution in [0.3, 0.4) is 0 Å². The van der Waals surface area contributed by atoms with Gasteiger partial charge < -0.3 is 14.8 Å². The molecule has 3 nitrogen and oxygen atoms in total. The van der Waals surface area contributed by atoms with Gasteiger partial charge in [0.2, 0.25) is 0 Å². The van der Waals surface area contributed by atoms with E-state index in [2.05, 4.69) is 16.8 Å². The van der Waals surface area contributed by atoms with Crippen LogP contribution in [0.15, 0.2) is 34.3 Å². The van der Waals surface area contributed by atoms with Gasteiger partial charge >= 0.3 is 0 Å². The number of furan rings is 1. The van der Waals surface area contributed by atoms with Crippen molar-refractivity contribution in [1.29, 1.82) is 0 Å². The zero-order chi connectivity index (χ0) is 12.4. The number of aliphatic hydroxyl groups is 1. The van der Waals surface area contributed by atoms with Crippen molar-refractivity contribution in [2.75, 3.05) is 6.54 Å². The molecule has 0 spiro atoms. The smallest absolute Gasteiger partial charge is 0.133 e. The summed E-state index contributed by atoms with van der Waals surface area (Å²) in [7, 11) is 0. The lowest BCUT2D eigenvalue weighted by Crippen LogP contribution is -2.28. The Balaban J connectivity index is 1.62. The maximum Gasteiger partial charge on any atom is 0.133 e. The van der Waals surface area contributed by atoms with Crippen LogP contribution in [0.25, 0.3) is 0 Å². The molecule has 0 bridgehead atoms. The van der Waals surface area contributed by atoms with E-state index in [1.165, 1.54) is 23.3 Å². The third kappa shape index (κ3) is 2.36. The first-order chi connectivity index (χ1) is 8.84. The van der Waals surface area contributed by atoms with Gasteiger partial charge in [-0.25, -0.2) is 0 Å². The zero-order valence-corrected chi connectivity index (χ0v) is 11.0. The fraction of sp³-hybridized carbons (Fsp3) is 0.429. The van der Waals surface area contributed by atoms with Crippen LogP contribution in [0.4, 0.5) is 0 Å². The average molecular weight is 263 g/mol. The van der Waals surface area contributed by atoms with E-state index in [4.69, 9.17) is 4.42 Å². The number of rotatable bonds is 4. The molecule has 1 aliphatic carbocycles. The largest absolute Gasteiger partial charge is 0.467 e. The maximum absolute atomic E-state index is 9.99. The Labute approximate surface area is 110 Å². The number of hydrogen-bond donors (Lipinski definition) is 2. The van der Waals surface area contributed by atoms with Gasteiger partial charge in [-0.15, -0.1) is 11.3 Å². The van der Waals surface area contributed by atoms with Crippen molar-refractivity contribution in [2.24, 2.45) is 0 Å². The molecule has 2 heterocycles. The van der Waals surface area contributed by atoms with Gasteiger partial charge in [0.15, 0.2) is 0 Å². The maximum atomic E-state index is 9.99. The van der Waals surface area contributed by atoms with Crippen molar-refractivity contribution in [3.63, 3.8) is 0 Å². The monoisotopic (exact) mass is 263 g/mol. The van der Waals surface area contributed by atoms with Gasteiger partial charge in [-0.1, -0.05) is 0 Å². The zero-order valence-electron chi connectivity index (χ0n) is 10.1. The van der Waals surface area contributed by atoms with Gasteiger partial charge in [-0.05, 0) is 48.4 Å². The Morgan fingerprint density at radius 1 is 1.50 bits per heavy atom. The lowest BCUT2D eigenvalue weighted by atomic mass is 9.94. The molecule has 2 aromatic rings. The first kappa shape index (κ1) is 12.0. The molecule has 2 N–H and O–H groups in total. The fourth-order valence-electron chi connectivity index (χ4n) is 2.53. The summed E-state index contributed by atoms with van der Waals surface area (Å²) in [6.45, 7) is 0.535. The first-order valence-electron chi connectivity index (χ1n) is 6.35. The molecule has 1 aliphatic rings. The molecule has 0 aromatic carbocycles. The number of aryl methyl sites for hydroxylation is 1. The number of thiophene rings is 1. The molecule has 0 radical (unpaired) electrons. The summed E-state index contributed by atoms with van der Waals surface area (Å²) in [4.78, 5) is 1.49. The molecule has 0 fully saturated rings. The molecule has 0 saturated carbocycles. The predicted octanol–water partition coefficient (Wildman–Crippen LogP) is 3.04. The minimum absolute atomic E-state index is 0.379. The van der Waals surface area contributed by atoms with Crippen LogP contribution in [0.5, 0.6) is 0 Å². The van der Waals surface area contributed by atoms with Crippen LogP contribution in [0, 0.1) is 0 Å². The van der Waals surface area contributed by atoms with Crippen LogP contribution in [-0.4, -0.2) is 11.7 Å². The minimum atomic E-state index is -0.566. The van der Waals surface area contributed by atoms with Crippen molar-refractivity contribution >= 4 is 11.3 Å². The molecular weight excluding hydrogens is 246 g/mol. The third-order valence-electron chi connectivity index (χ3n) is 3.48. The number of fused-ring (bicyclic) bond motifs is 1. The lowest BCUT2D eigenvalue weighted by molar-refractivity contribution is 0.142. The fourth-order valence-corrected chi connectivity index (χ4v) is 3.52. The van der Waals surface area contributed by atoms with E-state index >= 15 is 0 Å². The molecule has 0 saturated heterocycles. The number of aliphatic hydroxyl groups excluding tert-OH is 1. The van der Waals surface area contributed by atoms with E-state index in [-0.39, 0.29) is 0 Å². The summed E-state index contributed by atoms with van der Waals surface area (Å²) in [5.41, 5.74) is 1.41. The van der Waals surface area contributed by atoms with Crippen molar-refractivity contribution in [3.8, 4) is 0 Å². The lowest BCUT2D eigenvalue weighted by Gasteiger charge is -2.24. The van der Waals surface area contributed by atoms with E-state index < -0.39 is 6.10 Å².